The first-order valence-electron chi connectivity index (χ1n) is 7.56. The first-order chi connectivity index (χ1) is 9.66. The topological polar surface area (TPSA) is 28.4 Å². The lowest BCUT2D eigenvalue weighted by Gasteiger charge is -2.24. The van der Waals surface area contributed by atoms with E-state index in [0.717, 1.165) is 30.5 Å². The molecule has 1 atom stereocenters. The molecule has 0 bridgehead atoms. The van der Waals surface area contributed by atoms with Crippen molar-refractivity contribution in [1.29, 1.82) is 0 Å². The van der Waals surface area contributed by atoms with E-state index in [2.05, 4.69) is 43.2 Å². The van der Waals surface area contributed by atoms with Crippen LogP contribution >= 0.6 is 0 Å². The third-order valence-corrected chi connectivity index (χ3v) is 4.46. The minimum Gasteiger partial charge on any atom is -0.461 e. The first kappa shape index (κ1) is 13.7. The van der Waals surface area contributed by atoms with Crippen LogP contribution in [0.5, 0.6) is 0 Å². The van der Waals surface area contributed by atoms with Crippen molar-refractivity contribution in [2.24, 2.45) is 0 Å². The van der Waals surface area contributed by atoms with Crippen molar-refractivity contribution in [1.82, 2.24) is 10.2 Å². The highest BCUT2D eigenvalue weighted by atomic mass is 16.3. The van der Waals surface area contributed by atoms with Gasteiger partial charge in [-0.1, -0.05) is 18.2 Å². The average Bonchev–Trinajstić information content (AvgIpc) is 3.23. The van der Waals surface area contributed by atoms with E-state index in [1.54, 1.807) is 0 Å². The van der Waals surface area contributed by atoms with Crippen LogP contribution in [0, 0.1) is 6.92 Å². The molecule has 3 rings (SSSR count). The highest BCUT2D eigenvalue weighted by molar-refractivity contribution is 5.82. The maximum atomic E-state index is 5.80. The van der Waals surface area contributed by atoms with Gasteiger partial charge in [0.25, 0.3) is 0 Å². The summed E-state index contributed by atoms with van der Waals surface area (Å²) in [6.07, 6.45) is 2.73. The van der Waals surface area contributed by atoms with E-state index in [1.807, 2.05) is 12.1 Å². The van der Waals surface area contributed by atoms with Gasteiger partial charge in [-0.05, 0) is 39.8 Å². The monoisotopic (exact) mass is 272 g/mol. The molecule has 1 N–H and O–H groups in total. The lowest BCUT2D eigenvalue weighted by Crippen LogP contribution is -2.38. The summed E-state index contributed by atoms with van der Waals surface area (Å²) in [6, 6.07) is 9.68. The molecule has 0 aliphatic heterocycles. The highest BCUT2D eigenvalue weighted by Gasteiger charge is 2.28. The van der Waals surface area contributed by atoms with Gasteiger partial charge in [-0.15, -0.1) is 0 Å². The van der Waals surface area contributed by atoms with Gasteiger partial charge in [0, 0.05) is 36.1 Å². The number of nitrogens with zero attached hydrogens (tertiary/aromatic N) is 1. The van der Waals surface area contributed by atoms with E-state index in [1.165, 1.54) is 23.8 Å². The zero-order chi connectivity index (χ0) is 14.1. The molecule has 3 heteroatoms. The fourth-order valence-electron chi connectivity index (χ4n) is 2.83. The fraction of sp³-hybridized carbons (Fsp3) is 0.529. The van der Waals surface area contributed by atoms with Crippen molar-refractivity contribution >= 4 is 11.0 Å². The number of fused-ring (bicyclic) bond motifs is 1. The minimum atomic E-state index is 0.584. The SMILES string of the molecule is Cc1oc2ccccc2c1CNCC(C)N(C)C1CC1. The van der Waals surface area contributed by atoms with Gasteiger partial charge in [-0.25, -0.2) is 0 Å². The van der Waals surface area contributed by atoms with Crippen molar-refractivity contribution in [3.05, 3.63) is 35.6 Å². The fourth-order valence-corrected chi connectivity index (χ4v) is 2.83. The molecule has 108 valence electrons. The van der Waals surface area contributed by atoms with Gasteiger partial charge in [0.15, 0.2) is 0 Å². The summed E-state index contributed by atoms with van der Waals surface area (Å²) < 4.78 is 5.80. The van der Waals surface area contributed by atoms with Crippen molar-refractivity contribution in [2.75, 3.05) is 13.6 Å². The van der Waals surface area contributed by atoms with E-state index in [0.29, 0.717) is 6.04 Å². The lowest BCUT2D eigenvalue weighted by atomic mass is 10.1. The maximum absolute atomic E-state index is 5.80. The van der Waals surface area contributed by atoms with Crippen LogP contribution in [0.2, 0.25) is 0 Å². The van der Waals surface area contributed by atoms with Crippen LogP contribution in [0.1, 0.15) is 31.1 Å². The van der Waals surface area contributed by atoms with Gasteiger partial charge >= 0.3 is 0 Å². The smallest absolute Gasteiger partial charge is 0.134 e. The van der Waals surface area contributed by atoms with Crippen molar-refractivity contribution in [2.45, 2.75) is 45.3 Å². The van der Waals surface area contributed by atoms with Gasteiger partial charge in [-0.2, -0.15) is 0 Å². The Balaban J connectivity index is 1.60. The van der Waals surface area contributed by atoms with Gasteiger partial charge in [0.1, 0.15) is 11.3 Å². The zero-order valence-electron chi connectivity index (χ0n) is 12.6. The molecule has 0 amide bonds. The first-order valence-corrected chi connectivity index (χ1v) is 7.56. The van der Waals surface area contributed by atoms with Gasteiger partial charge in [0.2, 0.25) is 0 Å². The molecular formula is C17H24N2O. The summed E-state index contributed by atoms with van der Waals surface area (Å²) in [5.41, 5.74) is 2.28. The van der Waals surface area contributed by atoms with E-state index >= 15 is 0 Å². The molecule has 3 nitrogen and oxygen atoms in total. The van der Waals surface area contributed by atoms with E-state index in [4.69, 9.17) is 4.42 Å². The van der Waals surface area contributed by atoms with Crippen LogP contribution in [-0.2, 0) is 6.54 Å². The molecule has 20 heavy (non-hydrogen) atoms. The number of para-hydroxylation sites is 1. The number of hydrogen-bond acceptors (Lipinski definition) is 3. The van der Waals surface area contributed by atoms with E-state index in [9.17, 15) is 0 Å². The molecule has 1 unspecified atom stereocenters. The molecule has 0 spiro atoms. The zero-order valence-corrected chi connectivity index (χ0v) is 12.6. The van der Waals surface area contributed by atoms with Gasteiger partial charge < -0.3 is 9.73 Å². The van der Waals surface area contributed by atoms with Crippen LogP contribution in [0.25, 0.3) is 11.0 Å². The minimum absolute atomic E-state index is 0.584. The van der Waals surface area contributed by atoms with Gasteiger partial charge in [-0.3, -0.25) is 4.90 Å². The number of hydrogen-bond donors (Lipinski definition) is 1. The second-order valence-corrected chi connectivity index (χ2v) is 6.01. The number of rotatable bonds is 6. The third kappa shape index (κ3) is 2.74. The highest BCUT2D eigenvalue weighted by Crippen LogP contribution is 2.27. The Hall–Kier alpha value is -1.32. The summed E-state index contributed by atoms with van der Waals surface area (Å²) in [4.78, 5) is 2.49. The van der Waals surface area contributed by atoms with Crippen molar-refractivity contribution in [3.8, 4) is 0 Å². The van der Waals surface area contributed by atoms with E-state index < -0.39 is 0 Å². The Morgan fingerprint density at radius 3 is 2.85 bits per heavy atom. The van der Waals surface area contributed by atoms with Crippen molar-refractivity contribution < 1.29 is 4.42 Å². The molecule has 1 aromatic carbocycles. The second kappa shape index (κ2) is 5.58. The van der Waals surface area contributed by atoms with Crippen molar-refractivity contribution in [3.63, 3.8) is 0 Å². The molecule has 1 aliphatic carbocycles. The second-order valence-electron chi connectivity index (χ2n) is 6.01. The van der Waals surface area contributed by atoms with Crippen LogP contribution < -0.4 is 5.32 Å². The van der Waals surface area contributed by atoms with E-state index in [-0.39, 0.29) is 0 Å². The van der Waals surface area contributed by atoms with Gasteiger partial charge in [0.05, 0.1) is 0 Å². The summed E-state index contributed by atoms with van der Waals surface area (Å²) in [5, 5.41) is 4.82. The number of furan rings is 1. The molecule has 1 aliphatic rings. The van der Waals surface area contributed by atoms with Crippen LogP contribution in [0.3, 0.4) is 0 Å². The Morgan fingerprint density at radius 2 is 2.10 bits per heavy atom. The summed E-state index contributed by atoms with van der Waals surface area (Å²) in [5.74, 6) is 1.03. The molecular weight excluding hydrogens is 248 g/mol. The molecule has 1 saturated carbocycles. The molecule has 1 aromatic heterocycles. The van der Waals surface area contributed by atoms with Crippen LogP contribution in [0.15, 0.2) is 28.7 Å². The Kier molecular flexibility index (Phi) is 3.81. The largest absolute Gasteiger partial charge is 0.461 e. The molecule has 0 saturated heterocycles. The maximum Gasteiger partial charge on any atom is 0.134 e. The Labute approximate surface area is 120 Å². The summed E-state index contributed by atoms with van der Waals surface area (Å²) in [6.45, 7) is 6.25. The number of likely N-dealkylation sites (N-methyl/N-ethyl adjacent to an activating group) is 1. The predicted molar refractivity (Wildman–Crippen MR) is 82.9 cm³/mol. The standard InChI is InChI=1S/C17H24N2O/c1-12(19(3)14-8-9-14)10-18-11-16-13(2)20-17-7-5-4-6-15(16)17/h4-7,12,14,18H,8-11H2,1-3H3. The number of nitrogens with one attached hydrogen (secondary N) is 1. The Bertz CT molecular complexity index is 586. The lowest BCUT2D eigenvalue weighted by molar-refractivity contribution is 0.241. The Morgan fingerprint density at radius 1 is 1.35 bits per heavy atom. The predicted octanol–water partition coefficient (Wildman–Crippen LogP) is 3.31. The molecule has 0 radical (unpaired) electrons. The average molecular weight is 272 g/mol. The third-order valence-electron chi connectivity index (χ3n) is 4.46. The number of aryl methyl sites for hydroxylation is 1. The number of benzene rings is 1. The normalized spacial score (nSPS) is 17.0. The summed E-state index contributed by atoms with van der Waals surface area (Å²) >= 11 is 0. The molecule has 1 fully saturated rings. The summed E-state index contributed by atoms with van der Waals surface area (Å²) in [7, 11) is 2.24. The van der Waals surface area contributed by atoms with Crippen LogP contribution in [-0.4, -0.2) is 30.6 Å². The van der Waals surface area contributed by atoms with Crippen LogP contribution in [0.4, 0.5) is 0 Å². The quantitative estimate of drug-likeness (QED) is 0.874. The molecule has 1 heterocycles. The molecule has 2 aromatic rings.